The van der Waals surface area contributed by atoms with Gasteiger partial charge in [-0.1, -0.05) is 23.9 Å². The number of thioether (sulfide) groups is 1. The quantitative estimate of drug-likeness (QED) is 0.692. The average Bonchev–Trinajstić information content (AvgIpc) is 3.09. The van der Waals surface area contributed by atoms with Gasteiger partial charge in [-0.15, -0.1) is 5.10 Å². The van der Waals surface area contributed by atoms with Crippen LogP contribution in [0.3, 0.4) is 0 Å². The Bertz CT molecular complexity index is 793. The molecule has 1 aromatic heterocycles. The number of hydrogen-bond acceptors (Lipinski definition) is 6. The Labute approximate surface area is 142 Å². The maximum atomic E-state index is 12.9. The lowest BCUT2D eigenvalue weighted by molar-refractivity contribution is 0.204. The van der Waals surface area contributed by atoms with E-state index >= 15 is 0 Å². The van der Waals surface area contributed by atoms with Crippen molar-refractivity contribution >= 4 is 11.8 Å². The Morgan fingerprint density at radius 2 is 1.88 bits per heavy atom. The van der Waals surface area contributed by atoms with Crippen LogP contribution in [-0.4, -0.2) is 38.2 Å². The molecule has 0 bridgehead atoms. The van der Waals surface area contributed by atoms with Crippen LogP contribution in [-0.2, 0) is 0 Å². The fourth-order valence-electron chi connectivity index (χ4n) is 2.09. The summed E-state index contributed by atoms with van der Waals surface area (Å²) in [6.07, 6.45) is -0.739. The first-order valence-corrected chi connectivity index (χ1v) is 8.15. The number of tetrazole rings is 1. The topological polar surface area (TPSA) is 73.1 Å². The van der Waals surface area contributed by atoms with Gasteiger partial charge in [-0.25, -0.2) is 4.39 Å². The summed E-state index contributed by atoms with van der Waals surface area (Å²) in [6, 6.07) is 13.1. The maximum Gasteiger partial charge on any atom is 0.214 e. The number of nitrogens with zero attached hydrogens (tertiary/aromatic N) is 4. The van der Waals surface area contributed by atoms with Gasteiger partial charge in [-0.3, -0.25) is 0 Å². The highest BCUT2D eigenvalue weighted by atomic mass is 32.2. The number of aliphatic hydroxyl groups excluding tert-OH is 1. The highest BCUT2D eigenvalue weighted by molar-refractivity contribution is 7.99. The van der Waals surface area contributed by atoms with Crippen LogP contribution in [0, 0.1) is 5.82 Å². The second-order valence-electron chi connectivity index (χ2n) is 4.95. The predicted molar refractivity (Wildman–Crippen MR) is 87.8 cm³/mol. The molecule has 1 N–H and O–H groups in total. The third-order valence-electron chi connectivity index (χ3n) is 3.38. The van der Waals surface area contributed by atoms with Crippen LogP contribution in [0.2, 0.25) is 0 Å². The van der Waals surface area contributed by atoms with Crippen LogP contribution >= 0.6 is 11.8 Å². The van der Waals surface area contributed by atoms with E-state index in [4.69, 9.17) is 4.74 Å². The van der Waals surface area contributed by atoms with Crippen molar-refractivity contribution in [2.45, 2.75) is 11.3 Å². The third kappa shape index (κ3) is 3.72. The Morgan fingerprint density at radius 1 is 1.17 bits per heavy atom. The zero-order chi connectivity index (χ0) is 16.9. The lowest BCUT2D eigenvalue weighted by Gasteiger charge is -2.10. The lowest BCUT2D eigenvalue weighted by Crippen LogP contribution is -2.03. The molecule has 1 atom stereocenters. The molecule has 0 unspecified atom stereocenters. The molecular formula is C16H15FN4O2S. The minimum absolute atomic E-state index is 0.331. The van der Waals surface area contributed by atoms with Gasteiger partial charge < -0.3 is 9.84 Å². The summed E-state index contributed by atoms with van der Waals surface area (Å²) in [7, 11) is 1.60. The van der Waals surface area contributed by atoms with Gasteiger partial charge in [0.25, 0.3) is 0 Å². The van der Waals surface area contributed by atoms with Crippen molar-refractivity contribution in [3.05, 3.63) is 59.9 Å². The van der Waals surface area contributed by atoms with Crippen LogP contribution in [0.5, 0.6) is 5.75 Å². The van der Waals surface area contributed by atoms with Gasteiger partial charge in [0.15, 0.2) is 0 Å². The summed E-state index contributed by atoms with van der Waals surface area (Å²) < 4.78 is 19.6. The molecule has 0 aliphatic rings. The number of methoxy groups -OCH3 is 1. The van der Waals surface area contributed by atoms with E-state index in [1.54, 1.807) is 23.9 Å². The zero-order valence-electron chi connectivity index (χ0n) is 12.8. The Kier molecular flexibility index (Phi) is 5.07. The number of benzene rings is 2. The van der Waals surface area contributed by atoms with Gasteiger partial charge >= 0.3 is 0 Å². The molecule has 0 spiro atoms. The summed E-state index contributed by atoms with van der Waals surface area (Å²) in [5.74, 6) is 0.761. The Hall–Kier alpha value is -2.45. The predicted octanol–water partition coefficient (Wildman–Crippen LogP) is 2.64. The van der Waals surface area contributed by atoms with E-state index in [0.29, 0.717) is 16.5 Å². The van der Waals surface area contributed by atoms with Gasteiger partial charge in [-0.2, -0.15) is 4.68 Å². The summed E-state index contributed by atoms with van der Waals surface area (Å²) >= 11 is 1.32. The van der Waals surface area contributed by atoms with E-state index in [0.717, 1.165) is 11.4 Å². The van der Waals surface area contributed by atoms with E-state index in [2.05, 4.69) is 15.5 Å². The number of aromatic nitrogens is 4. The van der Waals surface area contributed by atoms with Gasteiger partial charge in [0.2, 0.25) is 5.16 Å². The molecule has 0 saturated heterocycles. The summed E-state index contributed by atoms with van der Waals surface area (Å²) in [4.78, 5) is 0. The maximum absolute atomic E-state index is 12.9. The van der Waals surface area contributed by atoms with E-state index < -0.39 is 6.10 Å². The summed E-state index contributed by atoms with van der Waals surface area (Å²) in [5, 5.41) is 22.4. The average molecular weight is 346 g/mol. The molecule has 8 heteroatoms. The molecule has 0 aliphatic carbocycles. The van der Waals surface area contributed by atoms with Crippen molar-refractivity contribution in [1.82, 2.24) is 20.2 Å². The fraction of sp³-hybridized carbons (Fsp3) is 0.188. The van der Waals surface area contributed by atoms with Crippen molar-refractivity contribution < 1.29 is 14.2 Å². The van der Waals surface area contributed by atoms with Crippen molar-refractivity contribution in [2.75, 3.05) is 12.9 Å². The molecule has 0 amide bonds. The first-order valence-electron chi connectivity index (χ1n) is 7.16. The molecule has 0 saturated carbocycles. The molecule has 1 heterocycles. The fourth-order valence-corrected chi connectivity index (χ4v) is 2.95. The van der Waals surface area contributed by atoms with Crippen molar-refractivity contribution in [2.24, 2.45) is 0 Å². The minimum atomic E-state index is -0.739. The standard InChI is InChI=1S/C16H15FN4O2S/c1-23-14-8-6-13(7-9-14)21-16(18-19-20-21)24-10-15(22)11-2-4-12(17)5-3-11/h2-9,15,22H,10H2,1H3/t15-/m0/s1. The largest absolute Gasteiger partial charge is 0.497 e. The molecule has 0 radical (unpaired) electrons. The van der Waals surface area contributed by atoms with E-state index in [1.807, 2.05) is 24.3 Å². The molecule has 24 heavy (non-hydrogen) atoms. The molecule has 3 rings (SSSR count). The number of rotatable bonds is 6. The smallest absolute Gasteiger partial charge is 0.214 e. The molecule has 124 valence electrons. The lowest BCUT2D eigenvalue weighted by atomic mass is 10.1. The van der Waals surface area contributed by atoms with Crippen LogP contribution in [0.1, 0.15) is 11.7 Å². The molecule has 2 aromatic carbocycles. The van der Waals surface area contributed by atoms with Gasteiger partial charge in [0.05, 0.1) is 18.9 Å². The van der Waals surface area contributed by atoms with Gasteiger partial charge in [-0.05, 0) is 52.4 Å². The number of hydrogen-bond donors (Lipinski definition) is 1. The highest BCUT2D eigenvalue weighted by Crippen LogP contribution is 2.25. The van der Waals surface area contributed by atoms with Gasteiger partial charge in [0.1, 0.15) is 11.6 Å². The molecule has 0 fully saturated rings. The number of aliphatic hydroxyl groups is 1. The van der Waals surface area contributed by atoms with Crippen LogP contribution in [0.4, 0.5) is 4.39 Å². The monoisotopic (exact) mass is 346 g/mol. The summed E-state index contributed by atoms with van der Waals surface area (Å²) in [6.45, 7) is 0. The highest BCUT2D eigenvalue weighted by Gasteiger charge is 2.13. The Morgan fingerprint density at radius 3 is 2.54 bits per heavy atom. The summed E-state index contributed by atoms with van der Waals surface area (Å²) in [5.41, 5.74) is 1.44. The normalized spacial score (nSPS) is 12.1. The number of ether oxygens (including phenoxy) is 1. The van der Waals surface area contributed by atoms with Crippen molar-refractivity contribution in [3.8, 4) is 11.4 Å². The molecular weight excluding hydrogens is 331 g/mol. The van der Waals surface area contributed by atoms with E-state index in [1.165, 1.54) is 23.9 Å². The van der Waals surface area contributed by atoms with Crippen LogP contribution in [0.15, 0.2) is 53.7 Å². The van der Waals surface area contributed by atoms with Crippen LogP contribution < -0.4 is 4.74 Å². The van der Waals surface area contributed by atoms with Crippen LogP contribution in [0.25, 0.3) is 5.69 Å². The van der Waals surface area contributed by atoms with Crippen molar-refractivity contribution in [3.63, 3.8) is 0 Å². The molecule has 0 aliphatic heterocycles. The van der Waals surface area contributed by atoms with Gasteiger partial charge in [0, 0.05) is 5.75 Å². The Balaban J connectivity index is 1.70. The van der Waals surface area contributed by atoms with Crippen molar-refractivity contribution in [1.29, 1.82) is 0 Å². The first kappa shape index (κ1) is 16.4. The second-order valence-corrected chi connectivity index (χ2v) is 5.94. The van der Waals surface area contributed by atoms with E-state index in [9.17, 15) is 9.50 Å². The third-order valence-corrected chi connectivity index (χ3v) is 4.38. The molecule has 6 nitrogen and oxygen atoms in total. The SMILES string of the molecule is COc1ccc(-n2nnnc2SC[C@H](O)c2ccc(F)cc2)cc1. The molecule has 3 aromatic rings. The second kappa shape index (κ2) is 7.41. The number of halogens is 1. The minimum Gasteiger partial charge on any atom is -0.497 e. The first-order chi connectivity index (χ1) is 11.7. The van der Waals surface area contributed by atoms with E-state index in [-0.39, 0.29) is 5.82 Å². The zero-order valence-corrected chi connectivity index (χ0v) is 13.7.